The summed E-state index contributed by atoms with van der Waals surface area (Å²) < 4.78 is 4.99. The van der Waals surface area contributed by atoms with E-state index in [9.17, 15) is 4.79 Å². The van der Waals surface area contributed by atoms with Gasteiger partial charge in [0, 0.05) is 46.9 Å². The maximum absolute atomic E-state index is 12.4. The van der Waals surface area contributed by atoms with Crippen LogP contribution in [0.3, 0.4) is 0 Å². The summed E-state index contributed by atoms with van der Waals surface area (Å²) >= 11 is 1.38. The molecule has 2 N–H and O–H groups in total. The molecule has 1 aliphatic heterocycles. The number of nitrogen functional groups attached to an aromatic ring is 1. The minimum absolute atomic E-state index is 0.0950. The van der Waals surface area contributed by atoms with Gasteiger partial charge in [0.25, 0.3) is 5.91 Å². The smallest absolute Gasteiger partial charge is 0.267 e. The van der Waals surface area contributed by atoms with Crippen molar-refractivity contribution in [1.29, 1.82) is 0 Å². The van der Waals surface area contributed by atoms with E-state index in [1.165, 1.54) is 11.3 Å². The third-order valence-corrected chi connectivity index (χ3v) is 4.71. The lowest BCUT2D eigenvalue weighted by Crippen LogP contribution is -2.44. The standard InChI is InChI=1S/C13H23N5O2S/c1-16-4-6-18(7-5-16)13-15-11(14)10(21-13)12(19)17(2)8-9-20-3/h4-9,14H2,1-3H3. The number of likely N-dealkylation sites (N-methyl/N-ethyl adjacent to an activating group) is 2. The Morgan fingerprint density at radius 3 is 2.71 bits per heavy atom. The Morgan fingerprint density at radius 1 is 1.43 bits per heavy atom. The topological polar surface area (TPSA) is 74.9 Å². The van der Waals surface area contributed by atoms with E-state index in [0.29, 0.717) is 23.8 Å². The predicted molar refractivity (Wildman–Crippen MR) is 85.1 cm³/mol. The Bertz CT molecular complexity index is 485. The van der Waals surface area contributed by atoms with Gasteiger partial charge in [0.1, 0.15) is 10.7 Å². The number of piperazine rings is 1. The van der Waals surface area contributed by atoms with Crippen LogP contribution in [-0.2, 0) is 4.74 Å². The molecule has 0 aliphatic carbocycles. The maximum Gasteiger partial charge on any atom is 0.267 e. The Kier molecular flexibility index (Phi) is 5.38. The minimum atomic E-state index is -0.0950. The lowest BCUT2D eigenvalue weighted by atomic mass is 10.3. The quantitative estimate of drug-likeness (QED) is 0.837. The number of hydrogen-bond donors (Lipinski definition) is 1. The predicted octanol–water partition coefficient (Wildman–Crippen LogP) is 0.196. The summed E-state index contributed by atoms with van der Waals surface area (Å²) in [5.41, 5.74) is 5.93. The SMILES string of the molecule is COCCN(C)C(=O)c1sc(N2CCN(C)CC2)nc1N. The van der Waals surface area contributed by atoms with Crippen molar-refractivity contribution in [3.05, 3.63) is 4.88 Å². The van der Waals surface area contributed by atoms with E-state index in [0.717, 1.165) is 31.3 Å². The monoisotopic (exact) mass is 313 g/mol. The van der Waals surface area contributed by atoms with Crippen molar-refractivity contribution >= 4 is 28.2 Å². The van der Waals surface area contributed by atoms with Crippen LogP contribution >= 0.6 is 11.3 Å². The highest BCUT2D eigenvalue weighted by atomic mass is 32.1. The van der Waals surface area contributed by atoms with E-state index in [1.807, 2.05) is 0 Å². The van der Waals surface area contributed by atoms with Crippen LogP contribution in [0.25, 0.3) is 0 Å². The van der Waals surface area contributed by atoms with Gasteiger partial charge in [-0.15, -0.1) is 0 Å². The number of hydrogen-bond acceptors (Lipinski definition) is 7. The summed E-state index contributed by atoms with van der Waals surface area (Å²) in [6.07, 6.45) is 0. The van der Waals surface area contributed by atoms with Gasteiger partial charge in [0.05, 0.1) is 6.61 Å². The molecular weight excluding hydrogens is 290 g/mol. The third kappa shape index (κ3) is 3.84. The molecule has 0 radical (unpaired) electrons. The molecule has 0 saturated carbocycles. The van der Waals surface area contributed by atoms with Gasteiger partial charge >= 0.3 is 0 Å². The van der Waals surface area contributed by atoms with Crippen molar-refractivity contribution in [2.75, 3.05) is 71.2 Å². The maximum atomic E-state index is 12.4. The molecule has 21 heavy (non-hydrogen) atoms. The zero-order valence-corrected chi connectivity index (χ0v) is 13.7. The van der Waals surface area contributed by atoms with Crippen LogP contribution in [0.2, 0.25) is 0 Å². The minimum Gasteiger partial charge on any atom is -0.383 e. The van der Waals surface area contributed by atoms with Gasteiger partial charge in [0.2, 0.25) is 0 Å². The summed E-state index contributed by atoms with van der Waals surface area (Å²) in [6.45, 7) is 4.86. The molecule has 1 aromatic heterocycles. The molecule has 1 aliphatic rings. The summed E-state index contributed by atoms with van der Waals surface area (Å²) in [5, 5.41) is 0.837. The molecule has 0 bridgehead atoms. The first-order chi connectivity index (χ1) is 10.0. The van der Waals surface area contributed by atoms with Gasteiger partial charge in [-0.3, -0.25) is 4.79 Å². The zero-order valence-electron chi connectivity index (χ0n) is 12.8. The van der Waals surface area contributed by atoms with Gasteiger partial charge in [0.15, 0.2) is 5.13 Å². The summed E-state index contributed by atoms with van der Waals surface area (Å²) in [6, 6.07) is 0. The van der Waals surface area contributed by atoms with E-state index >= 15 is 0 Å². The largest absolute Gasteiger partial charge is 0.383 e. The lowest BCUT2D eigenvalue weighted by molar-refractivity contribution is 0.0749. The van der Waals surface area contributed by atoms with Crippen molar-refractivity contribution in [3.8, 4) is 0 Å². The van der Waals surface area contributed by atoms with E-state index in [2.05, 4.69) is 21.8 Å². The van der Waals surface area contributed by atoms with E-state index < -0.39 is 0 Å². The molecule has 2 heterocycles. The van der Waals surface area contributed by atoms with Crippen LogP contribution in [-0.4, -0.2) is 81.2 Å². The average molecular weight is 313 g/mol. The number of carbonyl (C=O) groups is 1. The molecule has 118 valence electrons. The fourth-order valence-electron chi connectivity index (χ4n) is 2.11. The van der Waals surface area contributed by atoms with Crippen molar-refractivity contribution in [2.45, 2.75) is 0 Å². The summed E-state index contributed by atoms with van der Waals surface area (Å²) in [7, 11) is 5.47. The highest BCUT2D eigenvalue weighted by Crippen LogP contribution is 2.29. The van der Waals surface area contributed by atoms with Crippen molar-refractivity contribution in [3.63, 3.8) is 0 Å². The molecule has 7 nitrogen and oxygen atoms in total. The second-order valence-corrected chi connectivity index (χ2v) is 6.20. The molecule has 1 aromatic rings. The average Bonchev–Trinajstić information content (AvgIpc) is 2.86. The number of nitrogens with zero attached hydrogens (tertiary/aromatic N) is 4. The number of ether oxygens (including phenoxy) is 1. The van der Waals surface area contributed by atoms with Crippen LogP contribution in [0.4, 0.5) is 10.9 Å². The van der Waals surface area contributed by atoms with Gasteiger partial charge in [-0.1, -0.05) is 11.3 Å². The number of thiazole rings is 1. The molecule has 0 atom stereocenters. The summed E-state index contributed by atoms with van der Waals surface area (Å²) in [5.74, 6) is 0.227. The van der Waals surface area contributed by atoms with Gasteiger partial charge in [-0.25, -0.2) is 4.98 Å². The van der Waals surface area contributed by atoms with E-state index in [-0.39, 0.29) is 5.91 Å². The van der Waals surface area contributed by atoms with Gasteiger partial charge < -0.3 is 25.2 Å². The Balaban J connectivity index is 2.06. The third-order valence-electron chi connectivity index (χ3n) is 3.59. The second kappa shape index (κ2) is 7.06. The molecule has 1 saturated heterocycles. The molecular formula is C13H23N5O2S. The number of rotatable bonds is 5. The van der Waals surface area contributed by atoms with Crippen molar-refractivity contribution < 1.29 is 9.53 Å². The van der Waals surface area contributed by atoms with Crippen molar-refractivity contribution in [2.24, 2.45) is 0 Å². The number of anilines is 2. The van der Waals surface area contributed by atoms with Crippen LogP contribution in [0.15, 0.2) is 0 Å². The fraction of sp³-hybridized carbons (Fsp3) is 0.692. The highest BCUT2D eigenvalue weighted by molar-refractivity contribution is 7.18. The fourth-order valence-corrected chi connectivity index (χ4v) is 3.14. The van der Waals surface area contributed by atoms with Crippen LogP contribution in [0.5, 0.6) is 0 Å². The molecule has 0 spiro atoms. The summed E-state index contributed by atoms with van der Waals surface area (Å²) in [4.78, 5) is 23.3. The molecule has 1 fully saturated rings. The second-order valence-electron chi connectivity index (χ2n) is 5.22. The number of aromatic nitrogens is 1. The van der Waals surface area contributed by atoms with Crippen LogP contribution in [0, 0.1) is 0 Å². The van der Waals surface area contributed by atoms with Crippen molar-refractivity contribution in [1.82, 2.24) is 14.8 Å². The normalized spacial score (nSPS) is 16.2. The Hall–Kier alpha value is -1.38. The molecule has 0 aromatic carbocycles. The van der Waals surface area contributed by atoms with E-state index in [4.69, 9.17) is 10.5 Å². The Morgan fingerprint density at radius 2 is 2.10 bits per heavy atom. The molecule has 2 rings (SSSR count). The highest BCUT2D eigenvalue weighted by Gasteiger charge is 2.23. The number of methoxy groups -OCH3 is 1. The van der Waals surface area contributed by atoms with E-state index in [1.54, 1.807) is 19.1 Å². The first-order valence-electron chi connectivity index (χ1n) is 6.97. The van der Waals surface area contributed by atoms with Crippen LogP contribution in [0.1, 0.15) is 9.67 Å². The first-order valence-corrected chi connectivity index (χ1v) is 7.78. The molecule has 8 heteroatoms. The Labute approximate surface area is 129 Å². The number of carbonyl (C=O) groups excluding carboxylic acids is 1. The number of nitrogens with two attached hydrogens (primary N) is 1. The van der Waals surface area contributed by atoms with Gasteiger partial charge in [-0.05, 0) is 7.05 Å². The molecule has 0 unspecified atom stereocenters. The zero-order chi connectivity index (χ0) is 15.4. The first kappa shape index (κ1) is 16.0. The van der Waals surface area contributed by atoms with Crippen LogP contribution < -0.4 is 10.6 Å². The lowest BCUT2D eigenvalue weighted by Gasteiger charge is -2.32. The molecule has 1 amide bonds. The van der Waals surface area contributed by atoms with Gasteiger partial charge in [-0.2, -0.15) is 0 Å². The number of amides is 1.